The molecule has 0 aliphatic heterocycles. The van der Waals surface area contributed by atoms with E-state index in [0.29, 0.717) is 33.8 Å². The summed E-state index contributed by atoms with van der Waals surface area (Å²) in [6.45, 7) is 6.17. The third-order valence-electron chi connectivity index (χ3n) is 4.72. The molecule has 2 aromatic heterocycles. The Morgan fingerprint density at radius 3 is 2.93 bits per heavy atom. The largest absolute Gasteiger partial charge is 0.462 e. The minimum Gasteiger partial charge on any atom is -0.462 e. The van der Waals surface area contributed by atoms with E-state index in [0.717, 1.165) is 41.5 Å². The van der Waals surface area contributed by atoms with E-state index in [9.17, 15) is 14.4 Å². The van der Waals surface area contributed by atoms with Crippen molar-refractivity contribution in [1.82, 2.24) is 9.97 Å². The van der Waals surface area contributed by atoms with Gasteiger partial charge in [0.25, 0.3) is 5.56 Å². The van der Waals surface area contributed by atoms with Crippen molar-refractivity contribution in [2.75, 3.05) is 17.7 Å². The van der Waals surface area contributed by atoms with Crippen LogP contribution in [0.15, 0.2) is 16.0 Å². The highest BCUT2D eigenvalue weighted by molar-refractivity contribution is 7.99. The molecule has 1 aliphatic carbocycles. The van der Waals surface area contributed by atoms with Crippen LogP contribution in [0.4, 0.5) is 5.00 Å². The summed E-state index contributed by atoms with van der Waals surface area (Å²) >= 11 is 2.62. The van der Waals surface area contributed by atoms with E-state index in [1.165, 1.54) is 17.4 Å². The highest BCUT2D eigenvalue weighted by Crippen LogP contribution is 2.40. The van der Waals surface area contributed by atoms with Gasteiger partial charge < -0.3 is 15.0 Å². The molecule has 1 amide bonds. The van der Waals surface area contributed by atoms with Crippen LogP contribution in [0.1, 0.15) is 53.7 Å². The summed E-state index contributed by atoms with van der Waals surface area (Å²) in [4.78, 5) is 44.8. The SMILES string of the molecule is CCOC(=O)c1c(NC(=O)CSc2nc(CC)cc(=O)[nH]2)sc2c1CCC(C)C2. The number of anilines is 1. The Hall–Kier alpha value is -2.13. The van der Waals surface area contributed by atoms with Crippen LogP contribution < -0.4 is 10.9 Å². The first-order valence-corrected chi connectivity index (χ1v) is 11.6. The lowest BCUT2D eigenvalue weighted by Gasteiger charge is -2.18. The van der Waals surface area contributed by atoms with Gasteiger partial charge in [0.1, 0.15) is 5.00 Å². The molecule has 156 valence electrons. The number of hydrogen-bond donors (Lipinski definition) is 2. The van der Waals surface area contributed by atoms with E-state index in [2.05, 4.69) is 22.2 Å². The Bertz CT molecular complexity index is 967. The average molecular weight is 436 g/mol. The van der Waals surface area contributed by atoms with E-state index in [1.54, 1.807) is 6.92 Å². The normalized spacial score (nSPS) is 15.6. The summed E-state index contributed by atoms with van der Waals surface area (Å²) in [5.74, 6) is 0.00194. The second kappa shape index (κ2) is 9.58. The Morgan fingerprint density at radius 1 is 1.41 bits per heavy atom. The average Bonchev–Trinajstić information content (AvgIpc) is 3.02. The van der Waals surface area contributed by atoms with Crippen molar-refractivity contribution in [3.8, 4) is 0 Å². The lowest BCUT2D eigenvalue weighted by molar-refractivity contribution is -0.113. The van der Waals surface area contributed by atoms with Gasteiger partial charge in [0.15, 0.2) is 5.16 Å². The molecule has 0 bridgehead atoms. The van der Waals surface area contributed by atoms with Crippen LogP contribution in [0, 0.1) is 5.92 Å². The number of nitrogens with zero attached hydrogens (tertiary/aromatic N) is 1. The van der Waals surface area contributed by atoms with Crippen LogP contribution in [0.5, 0.6) is 0 Å². The molecule has 2 heterocycles. The van der Waals surface area contributed by atoms with Gasteiger partial charge in [0, 0.05) is 16.6 Å². The van der Waals surface area contributed by atoms with Crippen molar-refractivity contribution in [2.45, 2.75) is 51.6 Å². The number of aromatic nitrogens is 2. The summed E-state index contributed by atoms with van der Waals surface area (Å²) in [7, 11) is 0. The summed E-state index contributed by atoms with van der Waals surface area (Å²) in [5, 5.41) is 3.84. The molecule has 0 spiro atoms. The van der Waals surface area contributed by atoms with Crippen LogP contribution in [0.3, 0.4) is 0 Å². The molecule has 29 heavy (non-hydrogen) atoms. The molecule has 0 fully saturated rings. The van der Waals surface area contributed by atoms with E-state index < -0.39 is 0 Å². The molecular weight excluding hydrogens is 410 g/mol. The Morgan fingerprint density at radius 2 is 2.21 bits per heavy atom. The number of amides is 1. The van der Waals surface area contributed by atoms with Crippen molar-refractivity contribution in [2.24, 2.45) is 5.92 Å². The van der Waals surface area contributed by atoms with E-state index in [1.807, 2.05) is 6.92 Å². The molecule has 0 aromatic carbocycles. The number of ether oxygens (including phenoxy) is 1. The first kappa shape index (κ1) is 21.6. The molecule has 1 atom stereocenters. The van der Waals surface area contributed by atoms with Gasteiger partial charge >= 0.3 is 5.97 Å². The molecule has 1 unspecified atom stereocenters. The van der Waals surface area contributed by atoms with E-state index in [4.69, 9.17) is 4.74 Å². The van der Waals surface area contributed by atoms with E-state index in [-0.39, 0.29) is 29.8 Å². The van der Waals surface area contributed by atoms with Crippen molar-refractivity contribution in [3.05, 3.63) is 38.1 Å². The number of nitrogens with one attached hydrogen (secondary N) is 2. The number of hydrogen-bond acceptors (Lipinski definition) is 7. The van der Waals surface area contributed by atoms with Crippen molar-refractivity contribution in [3.63, 3.8) is 0 Å². The number of carbonyl (C=O) groups excluding carboxylic acids is 2. The Balaban J connectivity index is 1.75. The van der Waals surface area contributed by atoms with Crippen LogP contribution >= 0.6 is 23.1 Å². The zero-order valence-corrected chi connectivity index (χ0v) is 18.4. The molecule has 0 radical (unpaired) electrons. The van der Waals surface area contributed by atoms with Gasteiger partial charge in [0.2, 0.25) is 5.91 Å². The fraction of sp³-hybridized carbons (Fsp3) is 0.500. The van der Waals surface area contributed by atoms with Gasteiger partial charge in [-0.05, 0) is 44.1 Å². The van der Waals surface area contributed by atoms with Crippen LogP contribution in [0.25, 0.3) is 0 Å². The van der Waals surface area contributed by atoms with E-state index >= 15 is 0 Å². The zero-order valence-electron chi connectivity index (χ0n) is 16.8. The molecule has 2 N–H and O–H groups in total. The first-order valence-electron chi connectivity index (χ1n) is 9.75. The third kappa shape index (κ3) is 5.27. The van der Waals surface area contributed by atoms with Gasteiger partial charge in [-0.25, -0.2) is 9.78 Å². The third-order valence-corrected chi connectivity index (χ3v) is 6.76. The Labute approximate surface area is 177 Å². The number of esters is 1. The molecule has 3 rings (SSSR count). The van der Waals surface area contributed by atoms with Crippen molar-refractivity contribution in [1.29, 1.82) is 0 Å². The molecular formula is C20H25N3O4S2. The predicted octanol–water partition coefficient (Wildman–Crippen LogP) is 3.43. The van der Waals surface area contributed by atoms with Crippen LogP contribution in [0.2, 0.25) is 0 Å². The second-order valence-electron chi connectivity index (χ2n) is 7.01. The van der Waals surface area contributed by atoms with Gasteiger partial charge in [-0.3, -0.25) is 9.59 Å². The number of thiophene rings is 1. The van der Waals surface area contributed by atoms with Crippen molar-refractivity contribution >= 4 is 40.0 Å². The standard InChI is InChI=1S/C20H25N3O4S2/c1-4-12-9-15(24)23-20(21-12)28-10-16(25)22-18-17(19(26)27-5-2)13-7-6-11(3)8-14(13)29-18/h9,11H,4-8,10H2,1-3H3,(H,22,25)(H,21,23,24). The quantitative estimate of drug-likeness (QED) is 0.393. The predicted molar refractivity (Wildman–Crippen MR) is 115 cm³/mol. The number of aryl methyl sites for hydroxylation is 1. The summed E-state index contributed by atoms with van der Waals surface area (Å²) in [6, 6.07) is 1.45. The minimum absolute atomic E-state index is 0.0807. The lowest BCUT2D eigenvalue weighted by atomic mass is 9.88. The summed E-state index contributed by atoms with van der Waals surface area (Å²) < 4.78 is 5.23. The number of aromatic amines is 1. The van der Waals surface area contributed by atoms with Gasteiger partial charge in [-0.1, -0.05) is 25.6 Å². The molecule has 0 saturated carbocycles. The van der Waals surface area contributed by atoms with Crippen molar-refractivity contribution < 1.29 is 14.3 Å². The first-order chi connectivity index (χ1) is 13.9. The smallest absolute Gasteiger partial charge is 0.341 e. The molecule has 0 saturated heterocycles. The molecule has 2 aromatic rings. The maximum absolute atomic E-state index is 12.5. The molecule has 7 nitrogen and oxygen atoms in total. The number of rotatable bonds is 7. The highest BCUT2D eigenvalue weighted by Gasteiger charge is 2.29. The maximum Gasteiger partial charge on any atom is 0.341 e. The number of carbonyl (C=O) groups is 2. The minimum atomic E-state index is -0.385. The maximum atomic E-state index is 12.5. The number of fused-ring (bicyclic) bond motifs is 1. The number of thioether (sulfide) groups is 1. The molecule has 9 heteroatoms. The van der Waals surface area contributed by atoms with Crippen LogP contribution in [-0.4, -0.2) is 34.2 Å². The summed E-state index contributed by atoms with van der Waals surface area (Å²) in [6.07, 6.45) is 3.39. The van der Waals surface area contributed by atoms with Gasteiger partial charge in [-0.15, -0.1) is 11.3 Å². The fourth-order valence-electron chi connectivity index (χ4n) is 3.29. The van der Waals surface area contributed by atoms with Gasteiger partial charge in [0.05, 0.1) is 17.9 Å². The second-order valence-corrected chi connectivity index (χ2v) is 9.08. The highest BCUT2D eigenvalue weighted by atomic mass is 32.2. The Kier molecular flexibility index (Phi) is 7.13. The molecule has 1 aliphatic rings. The topological polar surface area (TPSA) is 101 Å². The van der Waals surface area contributed by atoms with Crippen LogP contribution in [-0.2, 0) is 28.8 Å². The number of H-pyrrole nitrogens is 1. The monoisotopic (exact) mass is 435 g/mol. The lowest BCUT2D eigenvalue weighted by Crippen LogP contribution is -2.18. The van der Waals surface area contributed by atoms with Gasteiger partial charge in [-0.2, -0.15) is 0 Å². The summed E-state index contributed by atoms with van der Waals surface area (Å²) in [5.41, 5.74) is 1.96. The zero-order chi connectivity index (χ0) is 21.0. The fourth-order valence-corrected chi connectivity index (χ4v) is 5.40.